The van der Waals surface area contributed by atoms with Crippen LogP contribution in [0.5, 0.6) is 0 Å². The summed E-state index contributed by atoms with van der Waals surface area (Å²) >= 11 is 0. The minimum absolute atomic E-state index is 0.0687. The molecule has 0 amide bonds. The van der Waals surface area contributed by atoms with Crippen LogP contribution in [0.3, 0.4) is 0 Å². The standard InChI is InChI=1S/C15H25BN2O5S/c1-13(2)14(3,4)23-16(22-13)12-9-17-18(10-12)15(11-19)5-7-24(20,21)8-6-15/h9-10,19H,5-8,11H2,1-4H3. The van der Waals surface area contributed by atoms with Crippen molar-refractivity contribution in [3.05, 3.63) is 12.4 Å². The van der Waals surface area contributed by atoms with Gasteiger partial charge in [-0.15, -0.1) is 0 Å². The quantitative estimate of drug-likeness (QED) is 0.772. The van der Waals surface area contributed by atoms with Crippen LogP contribution in [-0.2, 0) is 24.7 Å². The van der Waals surface area contributed by atoms with Crippen molar-refractivity contribution in [2.45, 2.75) is 57.3 Å². The molecule has 7 nitrogen and oxygen atoms in total. The van der Waals surface area contributed by atoms with Crippen molar-refractivity contribution in [2.75, 3.05) is 18.1 Å². The SMILES string of the molecule is CC1(C)OB(c2cnn(C3(CO)CCS(=O)(=O)CC3)c2)OC1(C)C. The molecule has 3 heterocycles. The number of hydrogen-bond acceptors (Lipinski definition) is 6. The van der Waals surface area contributed by atoms with Crippen molar-refractivity contribution >= 4 is 22.4 Å². The third-order valence-corrected chi connectivity index (χ3v) is 7.32. The third-order valence-electron chi connectivity index (χ3n) is 5.67. The lowest BCUT2D eigenvalue weighted by Gasteiger charge is -2.35. The molecule has 0 saturated carbocycles. The molecule has 0 unspecified atom stereocenters. The van der Waals surface area contributed by atoms with E-state index in [1.807, 2.05) is 27.7 Å². The summed E-state index contributed by atoms with van der Waals surface area (Å²) in [6, 6.07) is 0. The summed E-state index contributed by atoms with van der Waals surface area (Å²) in [5.74, 6) is 0.137. The number of rotatable bonds is 3. The average molecular weight is 356 g/mol. The lowest BCUT2D eigenvalue weighted by Crippen LogP contribution is -2.45. The largest absolute Gasteiger partial charge is 0.498 e. The molecule has 3 rings (SSSR count). The van der Waals surface area contributed by atoms with Crippen LogP contribution >= 0.6 is 0 Å². The number of aliphatic hydroxyl groups is 1. The summed E-state index contributed by atoms with van der Waals surface area (Å²) in [4.78, 5) is 0. The van der Waals surface area contributed by atoms with E-state index in [9.17, 15) is 13.5 Å². The molecular formula is C15H25BN2O5S. The fourth-order valence-electron chi connectivity index (χ4n) is 3.07. The lowest BCUT2D eigenvalue weighted by molar-refractivity contribution is 0.00578. The molecule has 0 aromatic carbocycles. The molecule has 2 saturated heterocycles. The van der Waals surface area contributed by atoms with Gasteiger partial charge in [0.25, 0.3) is 0 Å². The molecule has 0 spiro atoms. The number of hydrogen-bond donors (Lipinski definition) is 1. The van der Waals surface area contributed by atoms with Gasteiger partial charge in [-0.05, 0) is 40.5 Å². The highest BCUT2D eigenvalue weighted by Crippen LogP contribution is 2.37. The highest BCUT2D eigenvalue weighted by atomic mass is 32.2. The maximum absolute atomic E-state index is 11.7. The monoisotopic (exact) mass is 356 g/mol. The summed E-state index contributed by atoms with van der Waals surface area (Å²) in [6.07, 6.45) is 4.19. The van der Waals surface area contributed by atoms with E-state index in [1.54, 1.807) is 17.1 Å². The van der Waals surface area contributed by atoms with Crippen LogP contribution in [-0.4, -0.2) is 59.7 Å². The first-order valence-electron chi connectivity index (χ1n) is 8.22. The van der Waals surface area contributed by atoms with Gasteiger partial charge in [-0.3, -0.25) is 4.68 Å². The van der Waals surface area contributed by atoms with Crippen LogP contribution in [0.25, 0.3) is 0 Å². The van der Waals surface area contributed by atoms with Gasteiger partial charge < -0.3 is 14.4 Å². The van der Waals surface area contributed by atoms with Crippen LogP contribution in [0.1, 0.15) is 40.5 Å². The Balaban J connectivity index is 1.83. The van der Waals surface area contributed by atoms with Gasteiger partial charge in [0.2, 0.25) is 0 Å². The molecular weight excluding hydrogens is 331 g/mol. The highest BCUT2D eigenvalue weighted by Gasteiger charge is 2.52. The molecule has 0 radical (unpaired) electrons. The van der Waals surface area contributed by atoms with E-state index >= 15 is 0 Å². The summed E-state index contributed by atoms with van der Waals surface area (Å²) in [5, 5.41) is 14.3. The van der Waals surface area contributed by atoms with Crippen molar-refractivity contribution in [1.29, 1.82) is 0 Å². The van der Waals surface area contributed by atoms with E-state index in [2.05, 4.69) is 5.10 Å². The van der Waals surface area contributed by atoms with Gasteiger partial charge in [0.1, 0.15) is 0 Å². The molecule has 0 atom stereocenters. The number of aliphatic hydroxyl groups excluding tert-OH is 1. The first-order chi connectivity index (χ1) is 11.0. The Morgan fingerprint density at radius 2 is 1.75 bits per heavy atom. The summed E-state index contributed by atoms with van der Waals surface area (Å²) < 4.78 is 37.1. The van der Waals surface area contributed by atoms with Gasteiger partial charge in [-0.25, -0.2) is 8.42 Å². The second kappa shape index (κ2) is 5.55. The Morgan fingerprint density at radius 3 is 2.25 bits per heavy atom. The smallest absolute Gasteiger partial charge is 0.399 e. The average Bonchev–Trinajstić information content (AvgIpc) is 3.04. The van der Waals surface area contributed by atoms with E-state index in [0.717, 1.165) is 5.46 Å². The van der Waals surface area contributed by atoms with Gasteiger partial charge in [-0.1, -0.05) is 0 Å². The minimum Gasteiger partial charge on any atom is -0.399 e. The van der Waals surface area contributed by atoms with E-state index in [4.69, 9.17) is 9.31 Å². The predicted molar refractivity (Wildman–Crippen MR) is 90.9 cm³/mol. The first-order valence-corrected chi connectivity index (χ1v) is 10.0. The summed E-state index contributed by atoms with van der Waals surface area (Å²) in [6.45, 7) is 7.79. The predicted octanol–water partition coefficient (Wildman–Crippen LogP) is 0.0785. The van der Waals surface area contributed by atoms with Crippen LogP contribution in [0.4, 0.5) is 0 Å². The zero-order chi connectivity index (χ0) is 17.8. The van der Waals surface area contributed by atoms with Gasteiger partial charge in [0.15, 0.2) is 9.84 Å². The lowest BCUT2D eigenvalue weighted by atomic mass is 9.81. The Bertz CT molecular complexity index is 698. The van der Waals surface area contributed by atoms with Crippen molar-refractivity contribution in [2.24, 2.45) is 0 Å². The summed E-state index contributed by atoms with van der Waals surface area (Å²) in [5.41, 5.74) is -0.775. The molecule has 1 aromatic heterocycles. The molecule has 134 valence electrons. The maximum Gasteiger partial charge on any atom is 0.498 e. The van der Waals surface area contributed by atoms with Crippen LogP contribution in [0.15, 0.2) is 12.4 Å². The molecule has 2 fully saturated rings. The third kappa shape index (κ3) is 2.91. The van der Waals surface area contributed by atoms with Crippen molar-refractivity contribution < 1.29 is 22.8 Å². The van der Waals surface area contributed by atoms with Gasteiger partial charge in [-0.2, -0.15) is 5.10 Å². The van der Waals surface area contributed by atoms with Crippen molar-refractivity contribution in [3.63, 3.8) is 0 Å². The van der Waals surface area contributed by atoms with Crippen molar-refractivity contribution in [3.8, 4) is 0 Å². The van der Waals surface area contributed by atoms with E-state index in [0.29, 0.717) is 12.8 Å². The highest BCUT2D eigenvalue weighted by molar-refractivity contribution is 7.91. The minimum atomic E-state index is -3.01. The Kier molecular flexibility index (Phi) is 4.15. The van der Waals surface area contributed by atoms with Crippen LogP contribution < -0.4 is 5.46 Å². The number of aromatic nitrogens is 2. The second-order valence-electron chi connectivity index (χ2n) is 7.84. The van der Waals surface area contributed by atoms with Crippen molar-refractivity contribution in [1.82, 2.24) is 9.78 Å². The van der Waals surface area contributed by atoms with Gasteiger partial charge >= 0.3 is 7.12 Å². The Labute approximate surface area is 143 Å². The molecule has 0 bridgehead atoms. The molecule has 24 heavy (non-hydrogen) atoms. The fourth-order valence-corrected chi connectivity index (χ4v) is 4.66. The van der Waals surface area contributed by atoms with E-state index in [-0.39, 0.29) is 18.1 Å². The zero-order valence-corrected chi connectivity index (χ0v) is 15.5. The number of sulfone groups is 1. The van der Waals surface area contributed by atoms with Crippen LogP contribution in [0, 0.1) is 0 Å². The molecule has 2 aliphatic heterocycles. The maximum atomic E-state index is 11.7. The van der Waals surface area contributed by atoms with Crippen LogP contribution in [0.2, 0.25) is 0 Å². The molecule has 9 heteroatoms. The Hall–Kier alpha value is -0.895. The second-order valence-corrected chi connectivity index (χ2v) is 10.1. The van der Waals surface area contributed by atoms with Gasteiger partial charge in [0.05, 0.1) is 34.9 Å². The zero-order valence-electron chi connectivity index (χ0n) is 14.7. The summed E-state index contributed by atoms with van der Waals surface area (Å²) in [7, 11) is -3.53. The molecule has 2 aliphatic rings. The van der Waals surface area contributed by atoms with E-state index < -0.39 is 33.7 Å². The normalized spacial score (nSPS) is 27.3. The molecule has 1 aromatic rings. The fraction of sp³-hybridized carbons (Fsp3) is 0.800. The first kappa shape index (κ1) is 17.9. The van der Waals surface area contributed by atoms with Gasteiger partial charge in [0, 0.05) is 17.9 Å². The van der Waals surface area contributed by atoms with E-state index in [1.165, 1.54) is 0 Å². The molecule has 1 N–H and O–H groups in total. The molecule has 0 aliphatic carbocycles. The number of nitrogens with zero attached hydrogens (tertiary/aromatic N) is 2. The Morgan fingerprint density at radius 1 is 1.21 bits per heavy atom. The topological polar surface area (TPSA) is 90.6 Å².